The zero-order chi connectivity index (χ0) is 18.2. The highest BCUT2D eigenvalue weighted by Crippen LogP contribution is 2.21. The maximum atomic E-state index is 5.31. The standard InChI is InChI=1S/C23H25NO2/c1-25-21-10-5-7-18(15-21)13-14-20-9-3-4-12-23(20)24-17-19-8-6-11-22(16-19)26-2/h3-12,15-16,24H,13-14,17H2,1-2H3. The van der Waals surface area contributed by atoms with Crippen LogP contribution in [-0.2, 0) is 19.4 Å². The molecule has 0 bridgehead atoms. The van der Waals surface area contributed by atoms with Gasteiger partial charge in [0, 0.05) is 12.2 Å². The van der Waals surface area contributed by atoms with E-state index in [0.717, 1.165) is 30.9 Å². The molecule has 0 amide bonds. The Balaban J connectivity index is 1.65. The number of para-hydroxylation sites is 1. The molecule has 0 aliphatic rings. The maximum absolute atomic E-state index is 5.31. The van der Waals surface area contributed by atoms with E-state index in [0.29, 0.717) is 0 Å². The van der Waals surface area contributed by atoms with Crippen molar-refractivity contribution in [3.63, 3.8) is 0 Å². The normalized spacial score (nSPS) is 10.4. The summed E-state index contributed by atoms with van der Waals surface area (Å²) in [7, 11) is 3.40. The van der Waals surface area contributed by atoms with E-state index in [9.17, 15) is 0 Å². The van der Waals surface area contributed by atoms with Crippen LogP contribution in [-0.4, -0.2) is 14.2 Å². The van der Waals surface area contributed by atoms with E-state index in [2.05, 4.69) is 53.8 Å². The quantitative estimate of drug-likeness (QED) is 0.615. The lowest BCUT2D eigenvalue weighted by molar-refractivity contribution is 0.414. The predicted molar refractivity (Wildman–Crippen MR) is 107 cm³/mol. The number of hydrogen-bond donors (Lipinski definition) is 1. The Labute approximate surface area is 155 Å². The molecule has 0 saturated heterocycles. The Morgan fingerprint density at radius 2 is 1.35 bits per heavy atom. The van der Waals surface area contributed by atoms with Gasteiger partial charge in [-0.3, -0.25) is 0 Å². The summed E-state index contributed by atoms with van der Waals surface area (Å²) in [6.07, 6.45) is 1.96. The molecule has 0 atom stereocenters. The average molecular weight is 347 g/mol. The summed E-state index contributed by atoms with van der Waals surface area (Å²) in [5.41, 5.74) is 4.98. The summed E-state index contributed by atoms with van der Waals surface area (Å²) < 4.78 is 10.6. The molecule has 0 spiro atoms. The molecule has 3 heteroatoms. The molecule has 3 nitrogen and oxygen atoms in total. The van der Waals surface area contributed by atoms with Crippen molar-refractivity contribution >= 4 is 5.69 Å². The molecule has 0 unspecified atom stereocenters. The maximum Gasteiger partial charge on any atom is 0.119 e. The van der Waals surface area contributed by atoms with Gasteiger partial charge in [0.25, 0.3) is 0 Å². The largest absolute Gasteiger partial charge is 0.497 e. The molecule has 0 fully saturated rings. The van der Waals surface area contributed by atoms with Gasteiger partial charge in [-0.2, -0.15) is 0 Å². The highest BCUT2D eigenvalue weighted by molar-refractivity contribution is 5.52. The van der Waals surface area contributed by atoms with Crippen LogP contribution in [0.5, 0.6) is 11.5 Å². The van der Waals surface area contributed by atoms with Crippen LogP contribution >= 0.6 is 0 Å². The summed E-state index contributed by atoms with van der Waals surface area (Å²) in [5.74, 6) is 1.79. The third-order valence-corrected chi connectivity index (χ3v) is 4.45. The van der Waals surface area contributed by atoms with Gasteiger partial charge < -0.3 is 14.8 Å². The first kappa shape index (κ1) is 17.9. The molecular formula is C23H25NO2. The molecule has 0 aliphatic heterocycles. The van der Waals surface area contributed by atoms with Crippen LogP contribution in [0.3, 0.4) is 0 Å². The number of anilines is 1. The van der Waals surface area contributed by atoms with Crippen molar-refractivity contribution in [2.75, 3.05) is 19.5 Å². The van der Waals surface area contributed by atoms with Crippen molar-refractivity contribution in [1.82, 2.24) is 0 Å². The minimum Gasteiger partial charge on any atom is -0.497 e. The fourth-order valence-corrected chi connectivity index (χ4v) is 3.00. The van der Waals surface area contributed by atoms with Crippen LogP contribution < -0.4 is 14.8 Å². The lowest BCUT2D eigenvalue weighted by Crippen LogP contribution is -2.03. The first-order valence-electron chi connectivity index (χ1n) is 8.86. The first-order chi connectivity index (χ1) is 12.8. The summed E-state index contributed by atoms with van der Waals surface area (Å²) >= 11 is 0. The molecule has 134 valence electrons. The minimum absolute atomic E-state index is 0.771. The number of benzene rings is 3. The second-order valence-corrected chi connectivity index (χ2v) is 6.21. The van der Waals surface area contributed by atoms with Crippen LogP contribution in [0.4, 0.5) is 5.69 Å². The number of rotatable bonds is 8. The molecule has 0 heterocycles. The summed E-state index contributed by atoms with van der Waals surface area (Å²) in [6, 6.07) is 24.9. The van der Waals surface area contributed by atoms with E-state index >= 15 is 0 Å². The molecule has 3 rings (SSSR count). The smallest absolute Gasteiger partial charge is 0.119 e. The van der Waals surface area contributed by atoms with Gasteiger partial charge in [-0.25, -0.2) is 0 Å². The lowest BCUT2D eigenvalue weighted by Gasteiger charge is -2.13. The van der Waals surface area contributed by atoms with Crippen molar-refractivity contribution < 1.29 is 9.47 Å². The van der Waals surface area contributed by atoms with E-state index in [4.69, 9.17) is 9.47 Å². The van der Waals surface area contributed by atoms with Crippen molar-refractivity contribution in [2.45, 2.75) is 19.4 Å². The van der Waals surface area contributed by atoms with E-state index in [-0.39, 0.29) is 0 Å². The monoisotopic (exact) mass is 347 g/mol. The number of ether oxygens (including phenoxy) is 2. The Morgan fingerprint density at radius 3 is 2.08 bits per heavy atom. The van der Waals surface area contributed by atoms with Crippen molar-refractivity contribution in [1.29, 1.82) is 0 Å². The van der Waals surface area contributed by atoms with Crippen LogP contribution in [0.25, 0.3) is 0 Å². The van der Waals surface area contributed by atoms with Crippen LogP contribution in [0, 0.1) is 0 Å². The highest BCUT2D eigenvalue weighted by atomic mass is 16.5. The van der Waals surface area contributed by atoms with Gasteiger partial charge >= 0.3 is 0 Å². The molecule has 0 aromatic heterocycles. The topological polar surface area (TPSA) is 30.5 Å². The van der Waals surface area contributed by atoms with Gasteiger partial charge in [-0.05, 0) is 59.9 Å². The fraction of sp³-hybridized carbons (Fsp3) is 0.217. The highest BCUT2D eigenvalue weighted by Gasteiger charge is 2.04. The van der Waals surface area contributed by atoms with E-state index in [1.807, 2.05) is 24.3 Å². The van der Waals surface area contributed by atoms with Gasteiger partial charge in [-0.1, -0.05) is 42.5 Å². The Bertz CT molecular complexity index is 774. The van der Waals surface area contributed by atoms with E-state index in [1.54, 1.807) is 14.2 Å². The zero-order valence-electron chi connectivity index (χ0n) is 15.4. The number of nitrogens with one attached hydrogen (secondary N) is 1. The molecule has 0 radical (unpaired) electrons. The second kappa shape index (κ2) is 8.95. The molecule has 3 aromatic carbocycles. The van der Waals surface area contributed by atoms with Crippen molar-refractivity contribution in [2.24, 2.45) is 0 Å². The summed E-state index contributed by atoms with van der Waals surface area (Å²) in [5, 5.41) is 3.56. The minimum atomic E-state index is 0.771. The van der Waals surface area contributed by atoms with E-state index < -0.39 is 0 Å². The van der Waals surface area contributed by atoms with Crippen LogP contribution in [0.1, 0.15) is 16.7 Å². The average Bonchev–Trinajstić information content (AvgIpc) is 2.71. The second-order valence-electron chi connectivity index (χ2n) is 6.21. The third kappa shape index (κ3) is 4.79. The number of hydrogen-bond acceptors (Lipinski definition) is 3. The SMILES string of the molecule is COc1cccc(CCc2ccccc2NCc2cccc(OC)c2)c1. The van der Waals surface area contributed by atoms with Crippen LogP contribution in [0.2, 0.25) is 0 Å². The third-order valence-electron chi connectivity index (χ3n) is 4.45. The Morgan fingerprint density at radius 1 is 0.692 bits per heavy atom. The molecule has 3 aromatic rings. The van der Waals surface area contributed by atoms with Gasteiger partial charge in [0.2, 0.25) is 0 Å². The fourth-order valence-electron chi connectivity index (χ4n) is 3.00. The summed E-state index contributed by atoms with van der Waals surface area (Å²) in [4.78, 5) is 0. The molecule has 1 N–H and O–H groups in total. The van der Waals surface area contributed by atoms with Crippen molar-refractivity contribution in [3.8, 4) is 11.5 Å². The zero-order valence-corrected chi connectivity index (χ0v) is 15.4. The molecule has 26 heavy (non-hydrogen) atoms. The Kier molecular flexibility index (Phi) is 6.15. The molecule has 0 aliphatic carbocycles. The van der Waals surface area contributed by atoms with Gasteiger partial charge in [-0.15, -0.1) is 0 Å². The van der Waals surface area contributed by atoms with Gasteiger partial charge in [0.1, 0.15) is 11.5 Å². The van der Waals surface area contributed by atoms with Gasteiger partial charge in [0.05, 0.1) is 14.2 Å². The predicted octanol–water partition coefficient (Wildman–Crippen LogP) is 5.10. The van der Waals surface area contributed by atoms with E-state index in [1.165, 1.54) is 22.4 Å². The number of methoxy groups -OCH3 is 2. The first-order valence-corrected chi connectivity index (χ1v) is 8.86. The molecular weight excluding hydrogens is 322 g/mol. The Hall–Kier alpha value is -2.94. The number of aryl methyl sites for hydroxylation is 2. The lowest BCUT2D eigenvalue weighted by atomic mass is 10.0. The van der Waals surface area contributed by atoms with Gasteiger partial charge in [0.15, 0.2) is 0 Å². The summed E-state index contributed by atoms with van der Waals surface area (Å²) in [6.45, 7) is 0.771. The van der Waals surface area contributed by atoms with Crippen molar-refractivity contribution in [3.05, 3.63) is 89.5 Å². The molecule has 0 saturated carbocycles. The van der Waals surface area contributed by atoms with Crippen LogP contribution in [0.15, 0.2) is 72.8 Å².